The maximum absolute atomic E-state index is 13.0. The number of halogens is 1. The molecular weight excluding hydrogens is 697 g/mol. The number of carbonyl (C=O) groups excluding carboxylic acids is 4. The Labute approximate surface area is 259 Å². The summed E-state index contributed by atoms with van der Waals surface area (Å²) in [5.74, 6) is -1.39. The Balaban J connectivity index is 1.54. The number of para-hydroxylation sites is 1. The van der Waals surface area contributed by atoms with E-state index in [0.717, 1.165) is 4.90 Å². The molecule has 4 rings (SSSR count). The molecule has 42 heavy (non-hydrogen) atoms. The third-order valence-electron chi connectivity index (χ3n) is 5.52. The van der Waals surface area contributed by atoms with E-state index in [9.17, 15) is 27.6 Å². The van der Waals surface area contributed by atoms with E-state index < -0.39 is 33.7 Å². The summed E-state index contributed by atoms with van der Waals surface area (Å²) in [7, 11) is -4.28. The van der Waals surface area contributed by atoms with Crippen molar-refractivity contribution < 1.29 is 36.5 Å². The van der Waals surface area contributed by atoms with Crippen molar-refractivity contribution in [3.05, 3.63) is 80.8 Å². The number of ether oxygens (including phenoxy) is 1. The lowest BCUT2D eigenvalue weighted by atomic mass is 10.2. The second-order valence-corrected chi connectivity index (χ2v) is 12.4. The molecule has 1 fully saturated rings. The van der Waals surface area contributed by atoms with Gasteiger partial charge in [-0.2, -0.15) is 8.42 Å². The summed E-state index contributed by atoms with van der Waals surface area (Å²) < 4.78 is 37.5. The van der Waals surface area contributed by atoms with E-state index in [4.69, 9.17) is 8.92 Å². The van der Waals surface area contributed by atoms with E-state index in [0.29, 0.717) is 32.3 Å². The van der Waals surface area contributed by atoms with E-state index >= 15 is 0 Å². The molecule has 11 nitrogen and oxygen atoms in total. The van der Waals surface area contributed by atoms with Gasteiger partial charge in [-0.05, 0) is 101 Å². The molecule has 0 radical (unpaired) electrons. The Morgan fingerprint density at radius 3 is 2.31 bits per heavy atom. The van der Waals surface area contributed by atoms with Crippen LogP contribution in [0.4, 0.5) is 16.2 Å². The van der Waals surface area contributed by atoms with Gasteiger partial charge in [-0.25, -0.2) is 0 Å². The number of amides is 4. The number of hydrogen-bond donors (Lipinski definition) is 2. The van der Waals surface area contributed by atoms with Crippen LogP contribution in [0.25, 0.3) is 6.08 Å². The Morgan fingerprint density at radius 1 is 1.00 bits per heavy atom. The Bertz CT molecular complexity index is 1680. The Hall–Kier alpha value is -3.89. The van der Waals surface area contributed by atoms with Crippen LogP contribution in [0.5, 0.6) is 11.5 Å². The van der Waals surface area contributed by atoms with Crippen molar-refractivity contribution in [2.45, 2.75) is 18.7 Å². The number of hydrogen-bond acceptors (Lipinski definition) is 9. The maximum atomic E-state index is 13.0. The third-order valence-corrected chi connectivity index (χ3v) is 8.46. The monoisotopic (exact) mass is 721 g/mol. The van der Waals surface area contributed by atoms with Crippen molar-refractivity contribution in [3.8, 4) is 11.5 Å². The molecule has 218 valence electrons. The number of rotatable bonds is 10. The highest BCUT2D eigenvalue weighted by molar-refractivity contribution is 14.1. The van der Waals surface area contributed by atoms with Gasteiger partial charge in [0.25, 0.3) is 11.1 Å². The number of nitrogens with one attached hydrogen (secondary N) is 2. The predicted octanol–water partition coefficient (Wildman–Crippen LogP) is 5.09. The molecule has 1 aliphatic rings. The molecule has 0 atom stereocenters. The third kappa shape index (κ3) is 7.68. The number of anilines is 2. The highest BCUT2D eigenvalue weighted by Crippen LogP contribution is 2.39. The molecule has 0 saturated carbocycles. The number of benzene rings is 3. The average Bonchev–Trinajstić information content (AvgIpc) is 3.18. The van der Waals surface area contributed by atoms with Crippen LogP contribution in [-0.2, 0) is 24.5 Å². The highest BCUT2D eigenvalue weighted by Gasteiger charge is 2.36. The first kappa shape index (κ1) is 31.1. The maximum Gasteiger partial charge on any atom is 0.339 e. The summed E-state index contributed by atoms with van der Waals surface area (Å²) in [6.07, 6.45) is 1.46. The first-order valence-electron chi connectivity index (χ1n) is 12.4. The molecule has 4 amide bonds. The van der Waals surface area contributed by atoms with Gasteiger partial charge in [-0.3, -0.25) is 24.1 Å². The molecule has 0 aromatic heterocycles. The van der Waals surface area contributed by atoms with Crippen LogP contribution in [0, 0.1) is 3.57 Å². The normalized spacial score (nSPS) is 14.2. The summed E-state index contributed by atoms with van der Waals surface area (Å²) in [5.41, 5.74) is 1.41. The molecule has 1 saturated heterocycles. The van der Waals surface area contributed by atoms with Crippen LogP contribution < -0.4 is 19.6 Å². The second-order valence-electron chi connectivity index (χ2n) is 8.69. The van der Waals surface area contributed by atoms with Crippen LogP contribution in [-0.4, -0.2) is 49.4 Å². The van der Waals surface area contributed by atoms with Gasteiger partial charge in [0.05, 0.1) is 15.1 Å². The van der Waals surface area contributed by atoms with E-state index in [2.05, 4.69) is 10.6 Å². The minimum absolute atomic E-state index is 0.0498. The fourth-order valence-corrected chi connectivity index (χ4v) is 6.41. The zero-order valence-electron chi connectivity index (χ0n) is 22.3. The van der Waals surface area contributed by atoms with Gasteiger partial charge in [-0.1, -0.05) is 18.2 Å². The first-order valence-corrected chi connectivity index (χ1v) is 15.7. The summed E-state index contributed by atoms with van der Waals surface area (Å²) in [5, 5.41) is 4.61. The van der Waals surface area contributed by atoms with Gasteiger partial charge in [0.1, 0.15) is 11.4 Å². The van der Waals surface area contributed by atoms with Crippen molar-refractivity contribution in [3.63, 3.8) is 0 Å². The van der Waals surface area contributed by atoms with Crippen LogP contribution >= 0.6 is 34.4 Å². The summed E-state index contributed by atoms with van der Waals surface area (Å²) in [6, 6.07) is 17.2. The molecule has 0 bridgehead atoms. The van der Waals surface area contributed by atoms with E-state index in [1.165, 1.54) is 43.3 Å². The molecule has 0 unspecified atom stereocenters. The van der Waals surface area contributed by atoms with Gasteiger partial charge >= 0.3 is 10.1 Å². The van der Waals surface area contributed by atoms with Crippen molar-refractivity contribution in [2.75, 3.05) is 23.8 Å². The minimum atomic E-state index is -4.28. The standard InChI is InChI=1S/C28H24IN3O8S2/c1-3-39-23-14-18(13-22(29)26(23)40-42(37,38)21-11-9-20(10-12-21)30-17(2)33)15-24-27(35)32(28(36)41-24)16-25(34)31-19-7-5-4-6-8-19/h4-15H,3,16H2,1-2H3,(H,30,33)(H,31,34)/b24-15-. The van der Waals surface area contributed by atoms with Crippen molar-refractivity contribution >= 4 is 84.9 Å². The molecule has 1 aliphatic heterocycles. The fourth-order valence-electron chi connectivity index (χ4n) is 3.73. The smallest absolute Gasteiger partial charge is 0.339 e. The first-order chi connectivity index (χ1) is 20.0. The van der Waals surface area contributed by atoms with Crippen molar-refractivity contribution in [2.24, 2.45) is 0 Å². The van der Waals surface area contributed by atoms with Crippen molar-refractivity contribution in [1.82, 2.24) is 4.90 Å². The molecule has 3 aromatic rings. The molecule has 14 heteroatoms. The molecule has 0 aliphatic carbocycles. The molecular formula is C28H24IN3O8S2. The Morgan fingerprint density at radius 2 is 1.67 bits per heavy atom. The van der Waals surface area contributed by atoms with Gasteiger partial charge < -0.3 is 19.6 Å². The number of imide groups is 1. The number of carbonyl (C=O) groups is 4. The summed E-state index contributed by atoms with van der Waals surface area (Å²) in [4.78, 5) is 50.0. The quantitative estimate of drug-likeness (QED) is 0.166. The highest BCUT2D eigenvalue weighted by atomic mass is 127. The lowest BCUT2D eigenvalue weighted by Crippen LogP contribution is -2.36. The topological polar surface area (TPSA) is 148 Å². The Kier molecular flexibility index (Phi) is 9.90. The van der Waals surface area contributed by atoms with E-state index in [-0.39, 0.29) is 33.8 Å². The largest absolute Gasteiger partial charge is 0.490 e. The molecule has 0 spiro atoms. The van der Waals surface area contributed by atoms with Gasteiger partial charge in [0.2, 0.25) is 11.8 Å². The number of nitrogens with zero attached hydrogens (tertiary/aromatic N) is 1. The van der Waals surface area contributed by atoms with Crippen LogP contribution in [0.2, 0.25) is 0 Å². The fraction of sp³-hybridized carbons (Fsp3) is 0.143. The molecule has 1 heterocycles. The SMILES string of the molecule is CCOc1cc(/C=C2\SC(=O)N(CC(=O)Nc3ccccc3)C2=O)cc(I)c1OS(=O)(=O)c1ccc(NC(C)=O)cc1. The molecule has 2 N–H and O–H groups in total. The number of thioether (sulfide) groups is 1. The summed E-state index contributed by atoms with van der Waals surface area (Å²) in [6.45, 7) is 2.79. The summed E-state index contributed by atoms with van der Waals surface area (Å²) >= 11 is 2.58. The van der Waals surface area contributed by atoms with Crippen LogP contribution in [0.1, 0.15) is 19.4 Å². The molecule has 3 aromatic carbocycles. The second kappa shape index (κ2) is 13.4. The van der Waals surface area contributed by atoms with Gasteiger partial charge in [0.15, 0.2) is 11.5 Å². The zero-order chi connectivity index (χ0) is 30.4. The minimum Gasteiger partial charge on any atom is -0.490 e. The van der Waals surface area contributed by atoms with E-state index in [1.54, 1.807) is 43.3 Å². The van der Waals surface area contributed by atoms with Gasteiger partial charge in [-0.15, -0.1) is 0 Å². The van der Waals surface area contributed by atoms with E-state index in [1.807, 2.05) is 22.6 Å². The van der Waals surface area contributed by atoms with Crippen molar-refractivity contribution in [1.29, 1.82) is 0 Å². The van der Waals surface area contributed by atoms with Crippen LogP contribution in [0.3, 0.4) is 0 Å². The lowest BCUT2D eigenvalue weighted by Gasteiger charge is -2.15. The van der Waals surface area contributed by atoms with Gasteiger partial charge in [0, 0.05) is 18.3 Å². The predicted molar refractivity (Wildman–Crippen MR) is 167 cm³/mol. The zero-order valence-corrected chi connectivity index (χ0v) is 26.0. The van der Waals surface area contributed by atoms with Crippen LogP contribution in [0.15, 0.2) is 76.5 Å². The average molecular weight is 722 g/mol. The lowest BCUT2D eigenvalue weighted by molar-refractivity contribution is -0.127.